The molecule has 0 heterocycles. The van der Waals surface area contributed by atoms with Gasteiger partial charge in [-0.3, -0.25) is 4.99 Å². The van der Waals surface area contributed by atoms with Gasteiger partial charge in [0, 0.05) is 16.7 Å². The van der Waals surface area contributed by atoms with E-state index in [0.717, 1.165) is 10.6 Å². The van der Waals surface area contributed by atoms with Gasteiger partial charge >= 0.3 is 0 Å². The minimum absolute atomic E-state index is 0. The van der Waals surface area contributed by atoms with Gasteiger partial charge in [0.2, 0.25) is 0 Å². The molecule has 0 aromatic heterocycles. The van der Waals surface area contributed by atoms with E-state index >= 15 is 0 Å². The van der Waals surface area contributed by atoms with Gasteiger partial charge in [0.05, 0.1) is 6.54 Å². The monoisotopic (exact) mass is 423 g/mol. The second kappa shape index (κ2) is 10.3. The highest BCUT2D eigenvalue weighted by Crippen LogP contribution is 2.18. The van der Waals surface area contributed by atoms with Gasteiger partial charge in [0.1, 0.15) is 5.82 Å². The molecule has 0 amide bonds. The van der Waals surface area contributed by atoms with Crippen LogP contribution >= 0.6 is 35.7 Å². The number of nitrogens with one attached hydrogen (secondary N) is 1. The zero-order valence-corrected chi connectivity index (χ0v) is 15.2. The summed E-state index contributed by atoms with van der Waals surface area (Å²) in [6, 6.07) is 7.02. The van der Waals surface area contributed by atoms with Gasteiger partial charge in [-0.15, -0.1) is 35.7 Å². The summed E-state index contributed by atoms with van der Waals surface area (Å²) in [7, 11) is 0. The van der Waals surface area contributed by atoms with Crippen molar-refractivity contribution >= 4 is 41.7 Å². The predicted molar refractivity (Wildman–Crippen MR) is 99.0 cm³/mol. The van der Waals surface area contributed by atoms with Gasteiger partial charge in [0.15, 0.2) is 5.96 Å². The molecule has 1 aliphatic carbocycles. The van der Waals surface area contributed by atoms with E-state index in [4.69, 9.17) is 5.73 Å². The fourth-order valence-electron chi connectivity index (χ4n) is 2.36. The van der Waals surface area contributed by atoms with Gasteiger partial charge in [-0.25, -0.2) is 4.39 Å². The Hall–Kier alpha value is -0.500. The largest absolute Gasteiger partial charge is 0.370 e. The normalized spacial score (nSPS) is 16.3. The molecule has 1 aromatic rings. The van der Waals surface area contributed by atoms with E-state index in [1.165, 1.54) is 44.2 Å². The van der Waals surface area contributed by atoms with Gasteiger partial charge < -0.3 is 11.1 Å². The molecule has 3 nitrogen and oxygen atoms in total. The molecule has 0 unspecified atom stereocenters. The third kappa shape index (κ3) is 7.35. The van der Waals surface area contributed by atoms with E-state index in [2.05, 4.69) is 10.3 Å². The molecule has 1 fully saturated rings. The number of hydrogen-bond acceptors (Lipinski definition) is 2. The van der Waals surface area contributed by atoms with Crippen LogP contribution in [0.25, 0.3) is 0 Å². The van der Waals surface area contributed by atoms with Crippen molar-refractivity contribution in [1.82, 2.24) is 5.32 Å². The van der Waals surface area contributed by atoms with Crippen LogP contribution < -0.4 is 11.1 Å². The molecule has 0 aliphatic heterocycles. The van der Waals surface area contributed by atoms with Crippen LogP contribution in [0.2, 0.25) is 0 Å². The van der Waals surface area contributed by atoms with Crippen LogP contribution in [-0.2, 0) is 0 Å². The van der Waals surface area contributed by atoms with Gasteiger partial charge in [-0.2, -0.15) is 0 Å². The Bertz CT molecular complexity index is 433. The van der Waals surface area contributed by atoms with Crippen molar-refractivity contribution in [3.8, 4) is 0 Å². The lowest BCUT2D eigenvalue weighted by Gasteiger charge is -2.23. The molecular formula is C15H23FIN3S. The molecule has 1 saturated carbocycles. The lowest BCUT2D eigenvalue weighted by molar-refractivity contribution is 0.412. The molecule has 2 rings (SSSR count). The van der Waals surface area contributed by atoms with E-state index in [1.807, 2.05) is 0 Å². The van der Waals surface area contributed by atoms with Crippen LogP contribution in [0.1, 0.15) is 32.1 Å². The summed E-state index contributed by atoms with van der Waals surface area (Å²) < 4.78 is 12.7. The minimum atomic E-state index is -0.201. The first kappa shape index (κ1) is 18.5. The smallest absolute Gasteiger partial charge is 0.188 e. The molecule has 1 aliphatic rings. The number of nitrogens with two attached hydrogens (primary N) is 1. The van der Waals surface area contributed by atoms with Crippen LogP contribution in [-0.4, -0.2) is 24.3 Å². The van der Waals surface area contributed by atoms with Crippen molar-refractivity contribution in [1.29, 1.82) is 0 Å². The van der Waals surface area contributed by atoms with Gasteiger partial charge in [-0.05, 0) is 37.1 Å². The molecule has 0 saturated heterocycles. The average Bonchev–Trinajstić information content (AvgIpc) is 2.46. The first-order valence-electron chi connectivity index (χ1n) is 7.19. The molecule has 0 bridgehead atoms. The first-order chi connectivity index (χ1) is 9.74. The van der Waals surface area contributed by atoms with Crippen LogP contribution in [0.15, 0.2) is 34.2 Å². The third-order valence-electron chi connectivity index (χ3n) is 3.41. The molecule has 0 spiro atoms. The Morgan fingerprint density at radius 3 is 2.57 bits per heavy atom. The Morgan fingerprint density at radius 1 is 1.24 bits per heavy atom. The van der Waals surface area contributed by atoms with Crippen LogP contribution in [0, 0.1) is 5.82 Å². The summed E-state index contributed by atoms with van der Waals surface area (Å²) in [5.41, 5.74) is 5.88. The number of nitrogens with zero attached hydrogens (tertiary/aromatic N) is 1. The summed E-state index contributed by atoms with van der Waals surface area (Å²) in [6.45, 7) is 0.674. The number of hydrogen-bond donors (Lipinski definition) is 2. The predicted octanol–water partition coefficient (Wildman–Crippen LogP) is 3.77. The maximum Gasteiger partial charge on any atom is 0.188 e. The van der Waals surface area contributed by atoms with Gasteiger partial charge in [-0.1, -0.05) is 19.3 Å². The van der Waals surface area contributed by atoms with E-state index < -0.39 is 0 Å². The van der Waals surface area contributed by atoms with Crippen LogP contribution in [0.4, 0.5) is 4.39 Å². The maximum atomic E-state index is 12.7. The zero-order valence-electron chi connectivity index (χ0n) is 12.1. The first-order valence-corrected chi connectivity index (χ1v) is 8.17. The van der Waals surface area contributed by atoms with Crippen molar-refractivity contribution < 1.29 is 4.39 Å². The number of aliphatic imine (C=N–C) groups is 1. The molecule has 0 atom stereocenters. The zero-order chi connectivity index (χ0) is 14.2. The van der Waals surface area contributed by atoms with E-state index in [9.17, 15) is 4.39 Å². The topological polar surface area (TPSA) is 50.4 Å². The Balaban J connectivity index is 0.00000220. The maximum absolute atomic E-state index is 12.7. The van der Waals surface area contributed by atoms with Crippen molar-refractivity contribution in [2.24, 2.45) is 10.7 Å². The highest BCUT2D eigenvalue weighted by Gasteiger charge is 2.12. The SMILES string of the molecule is I.NC(=NCCSc1ccc(F)cc1)NC1CCCCC1. The third-order valence-corrected chi connectivity index (χ3v) is 4.41. The van der Waals surface area contributed by atoms with Crippen molar-refractivity contribution in [2.75, 3.05) is 12.3 Å². The average molecular weight is 423 g/mol. The van der Waals surface area contributed by atoms with Crippen LogP contribution in [0.3, 0.4) is 0 Å². The fraction of sp³-hybridized carbons (Fsp3) is 0.533. The molecular weight excluding hydrogens is 400 g/mol. The van der Waals surface area contributed by atoms with Gasteiger partial charge in [0.25, 0.3) is 0 Å². The van der Waals surface area contributed by atoms with Crippen LogP contribution in [0.5, 0.6) is 0 Å². The Labute approximate surface area is 147 Å². The molecule has 0 radical (unpaired) electrons. The second-order valence-electron chi connectivity index (χ2n) is 5.05. The highest BCUT2D eigenvalue weighted by atomic mass is 127. The molecule has 3 N–H and O–H groups in total. The fourth-order valence-corrected chi connectivity index (χ4v) is 3.11. The Morgan fingerprint density at radius 2 is 1.90 bits per heavy atom. The molecule has 1 aromatic carbocycles. The number of thioether (sulfide) groups is 1. The summed E-state index contributed by atoms with van der Waals surface area (Å²) >= 11 is 1.66. The number of halogens is 2. The van der Waals surface area contributed by atoms with Crippen molar-refractivity contribution in [3.63, 3.8) is 0 Å². The number of rotatable bonds is 5. The molecule has 21 heavy (non-hydrogen) atoms. The molecule has 118 valence electrons. The lowest BCUT2D eigenvalue weighted by Crippen LogP contribution is -2.41. The van der Waals surface area contributed by atoms with E-state index in [0.29, 0.717) is 18.5 Å². The summed E-state index contributed by atoms with van der Waals surface area (Å²) in [5, 5.41) is 3.29. The van der Waals surface area contributed by atoms with E-state index in [1.54, 1.807) is 23.9 Å². The van der Waals surface area contributed by atoms with Crippen molar-refractivity contribution in [2.45, 2.75) is 43.0 Å². The minimum Gasteiger partial charge on any atom is -0.370 e. The second-order valence-corrected chi connectivity index (χ2v) is 6.22. The summed E-state index contributed by atoms with van der Waals surface area (Å²) in [4.78, 5) is 5.40. The highest BCUT2D eigenvalue weighted by molar-refractivity contribution is 14.0. The number of benzene rings is 1. The van der Waals surface area contributed by atoms with Crippen molar-refractivity contribution in [3.05, 3.63) is 30.1 Å². The Kier molecular flexibility index (Phi) is 9.07. The lowest BCUT2D eigenvalue weighted by atomic mass is 9.96. The number of guanidine groups is 1. The quantitative estimate of drug-likeness (QED) is 0.249. The molecule has 6 heteroatoms. The standard InChI is InChI=1S/C15H22FN3S.HI/c16-12-6-8-14(9-7-12)20-11-10-18-15(17)19-13-4-2-1-3-5-13;/h6-9,13H,1-5,10-11H2,(H3,17,18,19);1H. The summed E-state index contributed by atoms with van der Waals surface area (Å²) in [6.07, 6.45) is 6.29. The summed E-state index contributed by atoms with van der Waals surface area (Å²) in [5.74, 6) is 1.20. The van der Waals surface area contributed by atoms with E-state index in [-0.39, 0.29) is 29.8 Å².